The van der Waals surface area contributed by atoms with Crippen molar-refractivity contribution in [2.24, 2.45) is 0 Å². The molecule has 0 aliphatic rings. The van der Waals surface area contributed by atoms with E-state index in [2.05, 4.69) is 16.0 Å². The van der Waals surface area contributed by atoms with Crippen molar-refractivity contribution in [3.05, 3.63) is 0 Å². The topological polar surface area (TPSA) is 70.2 Å². The average Bonchev–Trinajstić information content (AvgIpc) is 1.87. The maximum atomic E-state index is 10.6. The molecule has 0 heterocycles. The van der Waals surface area contributed by atoms with Crippen molar-refractivity contribution >= 4 is 12.1 Å². The molecule has 0 aliphatic carbocycles. The third-order valence-corrected chi connectivity index (χ3v) is 0.902. The summed E-state index contributed by atoms with van der Waals surface area (Å²) >= 11 is 0. The van der Waals surface area contributed by atoms with Crippen LogP contribution in [0.2, 0.25) is 0 Å². The minimum atomic E-state index is -0.474. The first-order chi connectivity index (χ1) is 5.20. The quantitative estimate of drug-likeness (QED) is 0.532. The molecule has 0 saturated carbocycles. The van der Waals surface area contributed by atoms with E-state index in [-0.39, 0.29) is 0 Å². The first kappa shape index (κ1) is 9.74. The van der Waals surface area contributed by atoms with E-state index >= 15 is 0 Å². The fourth-order valence-corrected chi connectivity index (χ4v) is 0.513. The van der Waals surface area contributed by atoms with Gasteiger partial charge in [-0.05, 0) is 13.8 Å². The van der Waals surface area contributed by atoms with Crippen LogP contribution in [0.1, 0.15) is 13.8 Å². The van der Waals surface area contributed by atoms with Gasteiger partial charge in [-0.1, -0.05) is 0 Å². The fraction of sp³-hybridized carbons (Fsp3) is 0.667. The molecule has 0 aromatic rings. The molecule has 0 aromatic carbocycles. The summed E-state index contributed by atoms with van der Waals surface area (Å²) in [7, 11) is 0. The maximum Gasteiger partial charge on any atom is 0.322 e. The van der Waals surface area contributed by atoms with Crippen molar-refractivity contribution < 1.29 is 9.59 Å². The molecule has 3 N–H and O–H groups in total. The van der Waals surface area contributed by atoms with Gasteiger partial charge in [0.15, 0.2) is 0 Å². The Labute approximate surface area is 65.5 Å². The fourth-order valence-electron chi connectivity index (χ4n) is 0.513. The molecule has 0 fully saturated rings. The van der Waals surface area contributed by atoms with E-state index in [0.717, 1.165) is 0 Å². The molecule has 0 radical (unpaired) electrons. The SMILES string of the molecule is CCNC(=O)NC(=O)NCC. The van der Waals surface area contributed by atoms with Crippen LogP contribution in [0.5, 0.6) is 0 Å². The smallest absolute Gasteiger partial charge is 0.322 e. The third kappa shape index (κ3) is 5.20. The number of amides is 4. The molecule has 64 valence electrons. The zero-order valence-corrected chi connectivity index (χ0v) is 6.73. The molecule has 0 bridgehead atoms. The van der Waals surface area contributed by atoms with Crippen LogP contribution in [-0.2, 0) is 0 Å². The van der Waals surface area contributed by atoms with Gasteiger partial charge in [0.25, 0.3) is 0 Å². The van der Waals surface area contributed by atoms with E-state index in [9.17, 15) is 9.59 Å². The molecule has 5 nitrogen and oxygen atoms in total. The zero-order valence-electron chi connectivity index (χ0n) is 6.73. The Morgan fingerprint density at radius 2 is 1.36 bits per heavy atom. The van der Waals surface area contributed by atoms with Gasteiger partial charge in [-0.3, -0.25) is 5.32 Å². The first-order valence-electron chi connectivity index (χ1n) is 3.53. The summed E-state index contributed by atoms with van der Waals surface area (Å²) < 4.78 is 0. The third-order valence-electron chi connectivity index (χ3n) is 0.902. The van der Waals surface area contributed by atoms with Gasteiger partial charge in [0.1, 0.15) is 0 Å². The highest BCUT2D eigenvalue weighted by molar-refractivity contribution is 5.93. The van der Waals surface area contributed by atoms with Gasteiger partial charge in [-0.15, -0.1) is 0 Å². The number of carbonyl (C=O) groups is 2. The van der Waals surface area contributed by atoms with Crippen molar-refractivity contribution in [1.29, 1.82) is 0 Å². The van der Waals surface area contributed by atoms with Crippen LogP contribution < -0.4 is 16.0 Å². The van der Waals surface area contributed by atoms with E-state index in [1.165, 1.54) is 0 Å². The van der Waals surface area contributed by atoms with Crippen molar-refractivity contribution in [1.82, 2.24) is 16.0 Å². The molecule has 0 unspecified atom stereocenters. The Bertz CT molecular complexity index is 131. The van der Waals surface area contributed by atoms with E-state index in [1.54, 1.807) is 13.8 Å². The molecule has 4 amide bonds. The highest BCUT2D eigenvalue weighted by Crippen LogP contribution is 1.66. The lowest BCUT2D eigenvalue weighted by molar-refractivity contribution is 0.228. The van der Waals surface area contributed by atoms with Gasteiger partial charge < -0.3 is 10.6 Å². The minimum Gasteiger partial charge on any atom is -0.338 e. The Morgan fingerprint density at radius 3 is 1.64 bits per heavy atom. The lowest BCUT2D eigenvalue weighted by Gasteiger charge is -2.03. The van der Waals surface area contributed by atoms with E-state index < -0.39 is 12.1 Å². The highest BCUT2D eigenvalue weighted by Gasteiger charge is 2.02. The monoisotopic (exact) mass is 159 g/mol. The molecule has 0 aromatic heterocycles. The molecule has 11 heavy (non-hydrogen) atoms. The largest absolute Gasteiger partial charge is 0.338 e. The number of imide groups is 1. The van der Waals surface area contributed by atoms with Crippen LogP contribution in [0.4, 0.5) is 9.59 Å². The number of nitrogens with one attached hydrogen (secondary N) is 3. The van der Waals surface area contributed by atoms with E-state index in [0.29, 0.717) is 13.1 Å². The van der Waals surface area contributed by atoms with Crippen molar-refractivity contribution in [3.63, 3.8) is 0 Å². The Balaban J connectivity index is 3.49. The van der Waals surface area contributed by atoms with Crippen LogP contribution >= 0.6 is 0 Å². The minimum absolute atomic E-state index is 0.474. The standard InChI is InChI=1S/C6H13N3O2/c1-3-7-5(10)9-6(11)8-4-2/h3-4H2,1-2H3,(H3,7,8,9,10,11). The van der Waals surface area contributed by atoms with Crippen LogP contribution in [-0.4, -0.2) is 25.2 Å². The van der Waals surface area contributed by atoms with Crippen molar-refractivity contribution in [3.8, 4) is 0 Å². The average molecular weight is 159 g/mol. The van der Waals surface area contributed by atoms with Crippen LogP contribution in [0.25, 0.3) is 0 Å². The summed E-state index contributed by atoms with van der Waals surface area (Å²) in [5.74, 6) is 0. The number of hydrogen-bond donors (Lipinski definition) is 3. The van der Waals surface area contributed by atoms with Crippen molar-refractivity contribution in [2.45, 2.75) is 13.8 Å². The second-order valence-corrected chi connectivity index (χ2v) is 1.84. The van der Waals surface area contributed by atoms with Gasteiger partial charge in [0, 0.05) is 13.1 Å². The number of rotatable bonds is 2. The van der Waals surface area contributed by atoms with Gasteiger partial charge in [0.05, 0.1) is 0 Å². The molecule has 0 aliphatic heterocycles. The summed E-state index contributed by atoms with van der Waals surface area (Å²) in [6, 6.07) is -0.947. The number of carbonyl (C=O) groups excluding carboxylic acids is 2. The lowest BCUT2D eigenvalue weighted by Crippen LogP contribution is -2.44. The van der Waals surface area contributed by atoms with Gasteiger partial charge >= 0.3 is 12.1 Å². The highest BCUT2D eigenvalue weighted by atomic mass is 16.2. The van der Waals surface area contributed by atoms with E-state index in [1.807, 2.05) is 0 Å². The van der Waals surface area contributed by atoms with E-state index in [4.69, 9.17) is 0 Å². The molecular weight excluding hydrogens is 146 g/mol. The predicted molar refractivity (Wildman–Crippen MR) is 41.3 cm³/mol. The second kappa shape index (κ2) is 5.52. The van der Waals surface area contributed by atoms with Crippen molar-refractivity contribution in [2.75, 3.05) is 13.1 Å². The van der Waals surface area contributed by atoms with Gasteiger partial charge in [-0.25, -0.2) is 9.59 Å². The van der Waals surface area contributed by atoms with Gasteiger partial charge in [0.2, 0.25) is 0 Å². The summed E-state index contributed by atoms with van der Waals surface area (Å²) in [4.78, 5) is 21.3. The summed E-state index contributed by atoms with van der Waals surface area (Å²) in [6.45, 7) is 4.56. The zero-order chi connectivity index (χ0) is 8.69. The number of urea groups is 2. The predicted octanol–water partition coefficient (Wildman–Crippen LogP) is 0.0350. The summed E-state index contributed by atoms with van der Waals surface area (Å²) in [5, 5.41) is 6.93. The summed E-state index contributed by atoms with van der Waals surface area (Å²) in [5.41, 5.74) is 0. The molecular formula is C6H13N3O2. The maximum absolute atomic E-state index is 10.6. The van der Waals surface area contributed by atoms with Crippen LogP contribution in [0, 0.1) is 0 Å². The Hall–Kier alpha value is -1.26. The molecule has 5 heteroatoms. The van der Waals surface area contributed by atoms with Crippen LogP contribution in [0.3, 0.4) is 0 Å². The van der Waals surface area contributed by atoms with Crippen LogP contribution in [0.15, 0.2) is 0 Å². The molecule has 0 atom stereocenters. The normalized spacial score (nSPS) is 8.55. The lowest BCUT2D eigenvalue weighted by atomic mass is 10.7. The molecule has 0 saturated heterocycles. The Morgan fingerprint density at radius 1 is 1.00 bits per heavy atom. The summed E-state index contributed by atoms with van der Waals surface area (Å²) in [6.07, 6.45) is 0. The second-order valence-electron chi connectivity index (χ2n) is 1.84. The molecule has 0 spiro atoms. The van der Waals surface area contributed by atoms with Gasteiger partial charge in [-0.2, -0.15) is 0 Å². The number of hydrogen-bond acceptors (Lipinski definition) is 2. The Kier molecular flexibility index (Phi) is 4.89. The first-order valence-corrected chi connectivity index (χ1v) is 3.53. The molecule has 0 rings (SSSR count).